The van der Waals surface area contributed by atoms with E-state index in [1.807, 2.05) is 12.1 Å². The number of hydrogen-bond acceptors (Lipinski definition) is 6. The van der Waals surface area contributed by atoms with Crippen molar-refractivity contribution in [3.8, 4) is 0 Å². The van der Waals surface area contributed by atoms with Crippen molar-refractivity contribution in [1.29, 1.82) is 0 Å². The molecule has 106 valence electrons. The summed E-state index contributed by atoms with van der Waals surface area (Å²) in [6.45, 7) is 1.52. The molecule has 7 heteroatoms. The standard InChI is InChI=1S/C13H15N3O3S/c1-9(20(2,17)18)13-15-12(19-16-13)8-5-10-3-6-11(14)7-4-10/h3-9H,14H2,1-2H3/b8-5+. The fraction of sp³-hybridized carbons (Fsp3) is 0.231. The molecule has 0 aliphatic rings. The summed E-state index contributed by atoms with van der Waals surface area (Å²) in [5, 5.41) is 2.89. The summed E-state index contributed by atoms with van der Waals surface area (Å²) in [5.41, 5.74) is 7.20. The van der Waals surface area contributed by atoms with Crippen molar-refractivity contribution in [3.63, 3.8) is 0 Å². The first-order valence-electron chi connectivity index (χ1n) is 5.92. The Labute approximate surface area is 117 Å². The molecule has 0 aliphatic heterocycles. The van der Waals surface area contributed by atoms with E-state index in [0.717, 1.165) is 11.8 Å². The van der Waals surface area contributed by atoms with Gasteiger partial charge in [0.2, 0.25) is 0 Å². The molecule has 0 fully saturated rings. The Morgan fingerprint density at radius 1 is 1.25 bits per heavy atom. The minimum Gasteiger partial charge on any atom is -0.399 e. The van der Waals surface area contributed by atoms with Crippen LogP contribution in [0, 0.1) is 0 Å². The van der Waals surface area contributed by atoms with Crippen molar-refractivity contribution >= 4 is 27.7 Å². The van der Waals surface area contributed by atoms with Gasteiger partial charge in [-0.25, -0.2) is 8.42 Å². The Bertz CT molecular complexity index is 718. The van der Waals surface area contributed by atoms with E-state index in [9.17, 15) is 8.42 Å². The van der Waals surface area contributed by atoms with Crippen molar-refractivity contribution < 1.29 is 12.9 Å². The molecule has 1 heterocycles. The number of hydrogen-bond donors (Lipinski definition) is 1. The van der Waals surface area contributed by atoms with Crippen LogP contribution in [-0.2, 0) is 9.84 Å². The molecule has 0 saturated carbocycles. The number of nitrogens with zero attached hydrogens (tertiary/aromatic N) is 2. The minimum atomic E-state index is -3.24. The first-order chi connectivity index (χ1) is 9.36. The third-order valence-corrected chi connectivity index (χ3v) is 4.31. The van der Waals surface area contributed by atoms with Crippen LogP contribution in [0.1, 0.15) is 29.5 Å². The van der Waals surface area contributed by atoms with Crippen molar-refractivity contribution in [2.75, 3.05) is 12.0 Å². The maximum Gasteiger partial charge on any atom is 0.250 e. The van der Waals surface area contributed by atoms with Crippen LogP contribution in [0.25, 0.3) is 12.2 Å². The van der Waals surface area contributed by atoms with Gasteiger partial charge in [-0.05, 0) is 30.7 Å². The number of rotatable bonds is 4. The normalized spacial score (nSPS) is 13.7. The van der Waals surface area contributed by atoms with Gasteiger partial charge >= 0.3 is 0 Å². The van der Waals surface area contributed by atoms with Gasteiger partial charge in [-0.3, -0.25) is 0 Å². The molecule has 1 unspecified atom stereocenters. The predicted molar refractivity (Wildman–Crippen MR) is 77.3 cm³/mol. The average molecular weight is 293 g/mol. The summed E-state index contributed by atoms with van der Waals surface area (Å²) in [7, 11) is -3.24. The summed E-state index contributed by atoms with van der Waals surface area (Å²) < 4.78 is 27.8. The van der Waals surface area contributed by atoms with Gasteiger partial charge in [0.15, 0.2) is 15.7 Å². The zero-order valence-electron chi connectivity index (χ0n) is 11.1. The molecule has 0 saturated heterocycles. The fourth-order valence-corrected chi connectivity index (χ4v) is 1.92. The quantitative estimate of drug-likeness (QED) is 0.865. The SMILES string of the molecule is CC(c1noc(/C=C/c2ccc(N)cc2)n1)S(C)(=O)=O. The first-order valence-corrected chi connectivity index (χ1v) is 7.88. The number of benzene rings is 1. The van der Waals surface area contributed by atoms with Crippen molar-refractivity contribution in [3.05, 3.63) is 41.5 Å². The van der Waals surface area contributed by atoms with Crippen molar-refractivity contribution in [2.24, 2.45) is 0 Å². The highest BCUT2D eigenvalue weighted by atomic mass is 32.2. The number of nitrogen functional groups attached to an aromatic ring is 1. The van der Waals surface area contributed by atoms with Gasteiger partial charge < -0.3 is 10.3 Å². The van der Waals surface area contributed by atoms with Crippen LogP contribution in [0.4, 0.5) is 5.69 Å². The lowest BCUT2D eigenvalue weighted by atomic mass is 10.2. The molecular weight excluding hydrogens is 278 g/mol. The van der Waals surface area contributed by atoms with Crippen LogP contribution in [0.15, 0.2) is 28.8 Å². The maximum atomic E-state index is 11.4. The molecule has 0 bridgehead atoms. The Kier molecular flexibility index (Phi) is 3.89. The number of sulfone groups is 1. The van der Waals surface area contributed by atoms with Crippen LogP contribution >= 0.6 is 0 Å². The van der Waals surface area contributed by atoms with Crippen LogP contribution < -0.4 is 5.73 Å². The number of nitrogens with two attached hydrogens (primary N) is 1. The van der Waals surface area contributed by atoms with Crippen LogP contribution in [0.2, 0.25) is 0 Å². The highest BCUT2D eigenvalue weighted by Gasteiger charge is 2.22. The Hall–Kier alpha value is -2.15. The largest absolute Gasteiger partial charge is 0.399 e. The molecule has 1 atom stereocenters. The molecule has 0 aliphatic carbocycles. The lowest BCUT2D eigenvalue weighted by Gasteiger charge is -2.01. The summed E-state index contributed by atoms with van der Waals surface area (Å²) >= 11 is 0. The van der Waals surface area contributed by atoms with Gasteiger partial charge in [0.05, 0.1) is 0 Å². The van der Waals surface area contributed by atoms with Gasteiger partial charge in [0.1, 0.15) is 5.25 Å². The smallest absolute Gasteiger partial charge is 0.250 e. The molecule has 20 heavy (non-hydrogen) atoms. The molecule has 1 aromatic carbocycles. The van der Waals surface area contributed by atoms with Gasteiger partial charge in [-0.1, -0.05) is 17.3 Å². The lowest BCUT2D eigenvalue weighted by Crippen LogP contribution is -2.09. The Morgan fingerprint density at radius 2 is 1.90 bits per heavy atom. The van der Waals surface area contributed by atoms with Crippen LogP contribution in [0.3, 0.4) is 0 Å². The van der Waals surface area contributed by atoms with Crippen molar-refractivity contribution in [2.45, 2.75) is 12.2 Å². The first kappa shape index (κ1) is 14.3. The van der Waals surface area contributed by atoms with Gasteiger partial charge in [-0.15, -0.1) is 0 Å². The van der Waals surface area contributed by atoms with E-state index in [4.69, 9.17) is 10.3 Å². The number of aromatic nitrogens is 2. The number of anilines is 1. The second kappa shape index (κ2) is 5.46. The molecular formula is C13H15N3O3S. The second-order valence-electron chi connectivity index (χ2n) is 4.46. The lowest BCUT2D eigenvalue weighted by molar-refractivity contribution is 0.402. The zero-order chi connectivity index (χ0) is 14.8. The van der Waals surface area contributed by atoms with E-state index in [0.29, 0.717) is 5.69 Å². The van der Waals surface area contributed by atoms with E-state index in [2.05, 4.69) is 10.1 Å². The molecule has 2 aromatic rings. The summed E-state index contributed by atoms with van der Waals surface area (Å²) in [5.74, 6) is 0.414. The van der Waals surface area contributed by atoms with E-state index in [1.165, 1.54) is 6.92 Å². The molecule has 1 aromatic heterocycles. The van der Waals surface area contributed by atoms with Crippen LogP contribution in [-0.4, -0.2) is 24.8 Å². The van der Waals surface area contributed by atoms with Gasteiger partial charge in [0, 0.05) is 18.0 Å². The monoisotopic (exact) mass is 293 g/mol. The summed E-state index contributed by atoms with van der Waals surface area (Å²) in [4.78, 5) is 4.04. The Balaban J connectivity index is 2.16. The highest BCUT2D eigenvalue weighted by molar-refractivity contribution is 7.90. The average Bonchev–Trinajstić information content (AvgIpc) is 2.85. The summed E-state index contributed by atoms with van der Waals surface area (Å²) in [6.07, 6.45) is 4.54. The highest BCUT2D eigenvalue weighted by Crippen LogP contribution is 2.18. The summed E-state index contributed by atoms with van der Waals surface area (Å²) in [6, 6.07) is 7.26. The fourth-order valence-electron chi connectivity index (χ4n) is 1.45. The minimum absolute atomic E-state index is 0.157. The van der Waals surface area contributed by atoms with E-state index in [1.54, 1.807) is 24.3 Å². The molecule has 0 amide bonds. The molecule has 6 nitrogen and oxygen atoms in total. The second-order valence-corrected chi connectivity index (χ2v) is 6.83. The molecule has 0 radical (unpaired) electrons. The van der Waals surface area contributed by atoms with E-state index < -0.39 is 15.1 Å². The topological polar surface area (TPSA) is 99.1 Å². The van der Waals surface area contributed by atoms with Crippen molar-refractivity contribution in [1.82, 2.24) is 10.1 Å². The maximum absolute atomic E-state index is 11.4. The predicted octanol–water partition coefficient (Wildman–Crippen LogP) is 1.93. The van der Waals surface area contributed by atoms with E-state index >= 15 is 0 Å². The molecule has 0 spiro atoms. The third kappa shape index (κ3) is 3.45. The Morgan fingerprint density at radius 3 is 2.50 bits per heavy atom. The van der Waals surface area contributed by atoms with E-state index in [-0.39, 0.29) is 11.7 Å². The molecule has 2 rings (SSSR count). The zero-order valence-corrected chi connectivity index (χ0v) is 12.0. The van der Waals surface area contributed by atoms with Crippen LogP contribution in [0.5, 0.6) is 0 Å². The molecule has 2 N–H and O–H groups in total. The van der Waals surface area contributed by atoms with Gasteiger partial charge in [0.25, 0.3) is 5.89 Å². The third-order valence-electron chi connectivity index (χ3n) is 2.82. The van der Waals surface area contributed by atoms with Gasteiger partial charge in [-0.2, -0.15) is 4.98 Å².